The third-order valence-electron chi connectivity index (χ3n) is 2.49. The molecule has 1 amide bonds. The second-order valence-corrected chi connectivity index (χ2v) is 4.75. The van der Waals surface area contributed by atoms with E-state index < -0.39 is 42.1 Å². The van der Waals surface area contributed by atoms with Crippen LogP contribution < -0.4 is 11.1 Å². The van der Waals surface area contributed by atoms with Gasteiger partial charge in [0.15, 0.2) is 0 Å². The summed E-state index contributed by atoms with van der Waals surface area (Å²) in [7, 11) is 0. The molecule has 0 aliphatic rings. The molecule has 152 valence electrons. The number of aliphatic carboxylic acids is 1. The number of carboxylic acids is 1. The third kappa shape index (κ3) is 13.0. The zero-order valence-corrected chi connectivity index (χ0v) is 14.6. The molecule has 26 heavy (non-hydrogen) atoms. The zero-order chi connectivity index (χ0) is 20.9. The molecular formula is C14H23F3N2O7. The number of carbonyl (C=O) groups is 4. The molecule has 0 saturated heterocycles. The minimum atomic E-state index is -5.08. The number of amides is 1. The molecule has 0 spiro atoms. The van der Waals surface area contributed by atoms with Crippen LogP contribution in [0.3, 0.4) is 0 Å². The predicted octanol–water partition coefficient (Wildman–Crippen LogP) is 0.358. The van der Waals surface area contributed by atoms with Crippen molar-refractivity contribution in [2.24, 2.45) is 5.73 Å². The summed E-state index contributed by atoms with van der Waals surface area (Å²) in [5.74, 6) is -4.23. The van der Waals surface area contributed by atoms with Crippen LogP contribution in [0.2, 0.25) is 0 Å². The van der Waals surface area contributed by atoms with Gasteiger partial charge in [-0.1, -0.05) is 0 Å². The van der Waals surface area contributed by atoms with Gasteiger partial charge >= 0.3 is 24.1 Å². The normalized spacial score (nSPS) is 12.7. The fourth-order valence-corrected chi connectivity index (χ4v) is 1.29. The number of ether oxygens (including phenoxy) is 2. The average Bonchev–Trinajstić information content (AvgIpc) is 2.51. The monoisotopic (exact) mass is 388 g/mol. The number of nitrogens with two attached hydrogens (primary N) is 1. The minimum absolute atomic E-state index is 0.0244. The van der Waals surface area contributed by atoms with Crippen molar-refractivity contribution in [3.8, 4) is 0 Å². The molecular weight excluding hydrogens is 365 g/mol. The molecule has 12 heteroatoms. The average molecular weight is 388 g/mol. The predicted molar refractivity (Wildman–Crippen MR) is 81.8 cm³/mol. The number of nitrogens with one attached hydrogen (secondary N) is 1. The summed E-state index contributed by atoms with van der Waals surface area (Å²) >= 11 is 0. The Labute approximate surface area is 148 Å². The summed E-state index contributed by atoms with van der Waals surface area (Å²) < 4.78 is 41.3. The summed E-state index contributed by atoms with van der Waals surface area (Å²) in [6, 6.07) is -1.62. The number of carbonyl (C=O) groups excluding carboxylic acids is 3. The molecule has 0 heterocycles. The molecule has 2 atom stereocenters. The van der Waals surface area contributed by atoms with Crippen molar-refractivity contribution in [2.75, 3.05) is 13.2 Å². The van der Waals surface area contributed by atoms with Crippen molar-refractivity contribution < 1.29 is 46.9 Å². The maximum atomic E-state index is 11.6. The van der Waals surface area contributed by atoms with Crippen LogP contribution in [0.25, 0.3) is 0 Å². The van der Waals surface area contributed by atoms with Gasteiger partial charge in [-0.15, -0.1) is 0 Å². The Bertz CT molecular complexity index is 482. The molecule has 0 bridgehead atoms. The first-order valence-corrected chi connectivity index (χ1v) is 7.55. The Morgan fingerprint density at radius 1 is 1.12 bits per heavy atom. The van der Waals surface area contributed by atoms with E-state index in [1.54, 1.807) is 13.8 Å². The number of rotatable bonds is 8. The molecule has 0 rings (SSSR count). The first-order valence-electron chi connectivity index (χ1n) is 7.55. The van der Waals surface area contributed by atoms with Crippen LogP contribution in [0, 0.1) is 0 Å². The number of esters is 2. The zero-order valence-electron chi connectivity index (χ0n) is 14.6. The van der Waals surface area contributed by atoms with Crippen molar-refractivity contribution in [3.05, 3.63) is 0 Å². The fourth-order valence-electron chi connectivity index (χ4n) is 1.29. The molecule has 0 aromatic carbocycles. The lowest BCUT2D eigenvalue weighted by Gasteiger charge is -2.18. The van der Waals surface area contributed by atoms with E-state index in [1.165, 1.54) is 6.92 Å². The van der Waals surface area contributed by atoms with E-state index in [9.17, 15) is 27.6 Å². The molecule has 0 aliphatic carbocycles. The number of halogens is 3. The summed E-state index contributed by atoms with van der Waals surface area (Å²) in [6.07, 6.45) is -4.94. The minimum Gasteiger partial charge on any atom is -0.475 e. The number of alkyl halides is 3. The summed E-state index contributed by atoms with van der Waals surface area (Å²) in [5.41, 5.74) is 5.41. The van der Waals surface area contributed by atoms with E-state index in [-0.39, 0.29) is 26.1 Å². The van der Waals surface area contributed by atoms with Crippen molar-refractivity contribution in [2.45, 2.75) is 51.9 Å². The second-order valence-electron chi connectivity index (χ2n) is 4.75. The van der Waals surface area contributed by atoms with Crippen LogP contribution in [0.1, 0.15) is 33.6 Å². The highest BCUT2D eigenvalue weighted by molar-refractivity contribution is 5.87. The van der Waals surface area contributed by atoms with Gasteiger partial charge in [-0.2, -0.15) is 13.2 Å². The van der Waals surface area contributed by atoms with Crippen LogP contribution in [-0.2, 0) is 28.7 Å². The first kappa shape index (κ1) is 25.9. The van der Waals surface area contributed by atoms with E-state index >= 15 is 0 Å². The first-order chi connectivity index (χ1) is 11.9. The second kappa shape index (κ2) is 12.9. The van der Waals surface area contributed by atoms with E-state index in [0.717, 1.165) is 0 Å². The Morgan fingerprint density at radius 3 is 1.92 bits per heavy atom. The van der Waals surface area contributed by atoms with Gasteiger partial charge in [0.1, 0.15) is 6.04 Å². The van der Waals surface area contributed by atoms with Gasteiger partial charge in [0, 0.05) is 6.42 Å². The number of hydrogen-bond donors (Lipinski definition) is 3. The molecule has 0 saturated carbocycles. The van der Waals surface area contributed by atoms with Gasteiger partial charge in [-0.05, 0) is 27.2 Å². The Kier molecular flexibility index (Phi) is 12.8. The summed E-state index contributed by atoms with van der Waals surface area (Å²) in [4.78, 5) is 43.2. The lowest BCUT2D eigenvalue weighted by atomic mass is 10.1. The maximum absolute atomic E-state index is 11.6. The largest absolute Gasteiger partial charge is 0.490 e. The number of carboxylic acid groups (broad SMARTS) is 1. The van der Waals surface area contributed by atoms with Crippen LogP contribution in [0.5, 0.6) is 0 Å². The van der Waals surface area contributed by atoms with Gasteiger partial charge in [0.25, 0.3) is 0 Å². The summed E-state index contributed by atoms with van der Waals surface area (Å²) in [5, 5.41) is 9.58. The van der Waals surface area contributed by atoms with Crippen LogP contribution in [0.4, 0.5) is 13.2 Å². The molecule has 0 radical (unpaired) electrons. The van der Waals surface area contributed by atoms with Crippen molar-refractivity contribution in [1.29, 1.82) is 0 Å². The quantitative estimate of drug-likeness (QED) is 0.505. The fraction of sp³-hybridized carbons (Fsp3) is 0.714. The lowest BCUT2D eigenvalue weighted by Crippen LogP contribution is -2.48. The molecule has 0 aromatic rings. The molecule has 4 N–H and O–H groups in total. The molecule has 0 unspecified atom stereocenters. The van der Waals surface area contributed by atoms with Crippen LogP contribution in [0.15, 0.2) is 0 Å². The molecule has 0 aliphatic heterocycles. The Morgan fingerprint density at radius 2 is 1.58 bits per heavy atom. The topological polar surface area (TPSA) is 145 Å². The highest BCUT2D eigenvalue weighted by Crippen LogP contribution is 2.13. The van der Waals surface area contributed by atoms with Crippen molar-refractivity contribution in [1.82, 2.24) is 5.32 Å². The van der Waals surface area contributed by atoms with Crippen LogP contribution >= 0.6 is 0 Å². The SMILES string of the molecule is CCOC(=O)CC[C@@H](NC(=O)[C@H](C)N)C(=O)OCC.O=C(O)C(F)(F)F. The van der Waals surface area contributed by atoms with E-state index in [1.807, 2.05) is 0 Å². The number of hydrogen-bond acceptors (Lipinski definition) is 7. The third-order valence-corrected chi connectivity index (χ3v) is 2.49. The lowest BCUT2D eigenvalue weighted by molar-refractivity contribution is -0.192. The maximum Gasteiger partial charge on any atom is 0.490 e. The van der Waals surface area contributed by atoms with E-state index in [2.05, 4.69) is 5.32 Å². The van der Waals surface area contributed by atoms with Crippen molar-refractivity contribution in [3.63, 3.8) is 0 Å². The van der Waals surface area contributed by atoms with E-state index in [0.29, 0.717) is 0 Å². The highest BCUT2D eigenvalue weighted by Gasteiger charge is 2.38. The Balaban J connectivity index is 0. The van der Waals surface area contributed by atoms with Gasteiger partial charge in [0.05, 0.1) is 19.3 Å². The van der Waals surface area contributed by atoms with E-state index in [4.69, 9.17) is 25.1 Å². The Hall–Kier alpha value is -2.37. The summed E-state index contributed by atoms with van der Waals surface area (Å²) in [6.45, 7) is 5.33. The highest BCUT2D eigenvalue weighted by atomic mass is 19.4. The molecule has 0 fully saturated rings. The standard InChI is InChI=1S/C12H22N2O5.C2HF3O2/c1-4-18-10(15)7-6-9(12(17)19-5-2)14-11(16)8(3)13;3-2(4,5)1(6)7/h8-9H,4-7,13H2,1-3H3,(H,14,16);(H,6,7)/t8-,9+;/m0./s1. The van der Waals surface area contributed by atoms with Crippen LogP contribution in [-0.4, -0.2) is 60.4 Å². The van der Waals surface area contributed by atoms with Gasteiger partial charge in [-0.3, -0.25) is 9.59 Å². The van der Waals surface area contributed by atoms with Gasteiger partial charge < -0.3 is 25.6 Å². The molecule has 0 aromatic heterocycles. The van der Waals surface area contributed by atoms with Gasteiger partial charge in [-0.25, -0.2) is 9.59 Å². The smallest absolute Gasteiger partial charge is 0.475 e. The molecule has 9 nitrogen and oxygen atoms in total. The van der Waals surface area contributed by atoms with Crippen molar-refractivity contribution >= 4 is 23.8 Å². The van der Waals surface area contributed by atoms with Gasteiger partial charge in [0.2, 0.25) is 5.91 Å².